The lowest BCUT2D eigenvalue weighted by Crippen LogP contribution is -2.26. The maximum Gasteiger partial charge on any atom is 0.490 e. The topological polar surface area (TPSA) is 275 Å². The van der Waals surface area contributed by atoms with Gasteiger partial charge in [-0.3, -0.25) is 9.32 Å². The van der Waals surface area contributed by atoms with Gasteiger partial charge in [0.05, 0.1) is 30.2 Å². The number of carbonyl (C=O) groups excluding carboxylic acids is 1. The summed E-state index contributed by atoms with van der Waals surface area (Å²) in [5.41, 5.74) is 6.73. The highest BCUT2D eigenvalue weighted by Gasteiger charge is 2.43. The van der Waals surface area contributed by atoms with E-state index < -0.39 is 48.5 Å². The molecule has 8 N–H and O–H groups in total. The Morgan fingerprint density at radius 3 is 2.65 bits per heavy atom. The summed E-state index contributed by atoms with van der Waals surface area (Å²) in [5.74, 6) is 6.35. The number of aromatic nitrogens is 3. The molecule has 40 heavy (non-hydrogen) atoms. The predicted molar refractivity (Wildman–Crippen MR) is 139 cm³/mol. The number of hydrogen-bond acceptors (Lipinski definition) is 13. The number of phosphoric ester groups is 1. The number of anilines is 1. The Kier molecular flexibility index (Phi) is 10.9. The highest BCUT2D eigenvalue weighted by Crippen LogP contribution is 2.66. The molecule has 0 saturated carbocycles. The zero-order valence-electron chi connectivity index (χ0n) is 20.6. The molecule has 2 aromatic rings. The van der Waals surface area contributed by atoms with Crippen molar-refractivity contribution in [1.29, 1.82) is 0 Å². The fraction of sp³-hybridized carbons (Fsp3) is 0.500. The molecular formula is C18H26N5O13P3S. The highest BCUT2D eigenvalue weighted by atomic mass is 32.2. The normalized spacial score (nSPS) is 22.3. The maximum atomic E-state index is 12.0. The van der Waals surface area contributed by atoms with E-state index in [1.807, 2.05) is 6.26 Å². The third-order valence-electron chi connectivity index (χ3n) is 5.10. The van der Waals surface area contributed by atoms with E-state index in [1.54, 1.807) is 18.0 Å². The fourth-order valence-electron chi connectivity index (χ4n) is 3.49. The molecule has 1 fully saturated rings. The lowest BCUT2D eigenvalue weighted by molar-refractivity contribution is -0.120. The Hall–Kier alpha value is -1.87. The predicted octanol–water partition coefficient (Wildman–Crippen LogP) is 0.226. The number of nitrogens with zero attached hydrogens (tertiary/aromatic N) is 3. The Morgan fingerprint density at radius 2 is 1.98 bits per heavy atom. The van der Waals surface area contributed by atoms with Gasteiger partial charge in [-0.05, 0) is 6.26 Å². The zero-order chi connectivity index (χ0) is 29.7. The molecule has 1 amide bonds. The van der Waals surface area contributed by atoms with Crippen LogP contribution in [0.2, 0.25) is 0 Å². The molecule has 1 saturated heterocycles. The third kappa shape index (κ3) is 9.33. The van der Waals surface area contributed by atoms with Crippen LogP contribution in [0.1, 0.15) is 24.6 Å². The number of rotatable bonds is 12. The van der Waals surface area contributed by atoms with Crippen molar-refractivity contribution in [2.75, 3.05) is 30.9 Å². The second-order valence-corrected chi connectivity index (χ2v) is 13.5. The molecule has 0 radical (unpaired) electrons. The zero-order valence-corrected chi connectivity index (χ0v) is 24.1. The van der Waals surface area contributed by atoms with Gasteiger partial charge in [-0.15, -0.1) is 0 Å². The summed E-state index contributed by atoms with van der Waals surface area (Å²) >= 11 is 1.54. The number of nitrogen functional groups attached to an aromatic ring is 1. The van der Waals surface area contributed by atoms with Gasteiger partial charge in [0.2, 0.25) is 5.91 Å². The summed E-state index contributed by atoms with van der Waals surface area (Å²) in [5, 5.41) is 13.5. The molecule has 3 rings (SSSR count). The Morgan fingerprint density at radius 1 is 1.25 bits per heavy atom. The lowest BCUT2D eigenvalue weighted by Gasteiger charge is -2.19. The van der Waals surface area contributed by atoms with E-state index >= 15 is 0 Å². The summed E-state index contributed by atoms with van der Waals surface area (Å²) in [6, 6.07) is 0. The number of ether oxygens (including phenoxy) is 1. The number of fused-ring (bicyclic) bond motifs is 1. The van der Waals surface area contributed by atoms with Gasteiger partial charge in [0.1, 0.15) is 30.1 Å². The summed E-state index contributed by atoms with van der Waals surface area (Å²) < 4.78 is 53.3. The van der Waals surface area contributed by atoms with Crippen LogP contribution in [0.4, 0.5) is 5.82 Å². The number of carbonyl (C=O) groups is 1. The molecule has 0 spiro atoms. The summed E-state index contributed by atoms with van der Waals surface area (Å²) in [7, 11) is -16.7. The van der Waals surface area contributed by atoms with Gasteiger partial charge in [0, 0.05) is 24.8 Å². The van der Waals surface area contributed by atoms with E-state index in [-0.39, 0.29) is 24.7 Å². The molecule has 1 aliphatic heterocycles. The van der Waals surface area contributed by atoms with Gasteiger partial charge in [-0.1, -0.05) is 11.8 Å². The van der Waals surface area contributed by atoms with Crippen molar-refractivity contribution < 1.29 is 61.1 Å². The average molecular weight is 645 g/mol. The molecule has 18 nitrogen and oxygen atoms in total. The van der Waals surface area contributed by atoms with E-state index in [4.69, 9.17) is 20.3 Å². The van der Waals surface area contributed by atoms with Crippen molar-refractivity contribution >= 4 is 58.0 Å². The van der Waals surface area contributed by atoms with Crippen molar-refractivity contribution in [1.82, 2.24) is 19.9 Å². The van der Waals surface area contributed by atoms with Gasteiger partial charge in [0.25, 0.3) is 0 Å². The number of hydrogen-bond donors (Lipinski definition) is 7. The first-order chi connectivity index (χ1) is 18.6. The number of nitrogens with one attached hydrogen (secondary N) is 1. The van der Waals surface area contributed by atoms with Gasteiger partial charge >= 0.3 is 23.5 Å². The molecule has 0 aliphatic carbocycles. The number of aliphatic hydroxyl groups is 1. The minimum absolute atomic E-state index is 0.0590. The second-order valence-electron chi connectivity index (χ2n) is 8.05. The number of thioether (sulfide) groups is 1. The number of aliphatic hydroxyl groups excluding tert-OH is 1. The minimum atomic E-state index is -5.70. The molecule has 3 heterocycles. The van der Waals surface area contributed by atoms with Crippen LogP contribution in [0.3, 0.4) is 0 Å². The Bertz CT molecular complexity index is 1440. The van der Waals surface area contributed by atoms with Crippen molar-refractivity contribution in [2.24, 2.45) is 0 Å². The van der Waals surface area contributed by atoms with Crippen LogP contribution >= 0.6 is 35.2 Å². The molecule has 22 heteroatoms. The summed E-state index contributed by atoms with van der Waals surface area (Å²) in [6.45, 7) is -0.755. The van der Waals surface area contributed by atoms with Gasteiger partial charge in [-0.25, -0.2) is 23.7 Å². The summed E-state index contributed by atoms with van der Waals surface area (Å²) in [4.78, 5) is 56.0. The van der Waals surface area contributed by atoms with E-state index in [9.17, 15) is 33.4 Å². The van der Waals surface area contributed by atoms with E-state index in [0.29, 0.717) is 28.8 Å². The number of amides is 1. The van der Waals surface area contributed by atoms with Crippen LogP contribution in [0.15, 0.2) is 12.5 Å². The van der Waals surface area contributed by atoms with Crippen LogP contribution in [0.5, 0.6) is 0 Å². The molecule has 0 aromatic carbocycles. The number of phosphoric acid groups is 3. The fourth-order valence-corrected chi connectivity index (χ4v) is 6.91. The molecule has 0 bridgehead atoms. The van der Waals surface area contributed by atoms with Crippen LogP contribution in [0, 0.1) is 11.8 Å². The largest absolute Gasteiger partial charge is 0.490 e. The van der Waals surface area contributed by atoms with Crippen molar-refractivity contribution in [3.05, 3.63) is 18.1 Å². The SMILES string of the molecule is CSCCC(=O)NCC#Cc1cn(C2CC(O)C(COP(=O)(O)OP(=O)(O)OP(=O)(O)O)O2)c2ncnc(N)c12. The first kappa shape index (κ1) is 32.6. The average Bonchev–Trinajstić information content (AvgIpc) is 3.37. The molecule has 2 aromatic heterocycles. The molecule has 222 valence electrons. The molecule has 5 atom stereocenters. The first-order valence-electron chi connectivity index (χ1n) is 11.1. The highest BCUT2D eigenvalue weighted by molar-refractivity contribution is 7.98. The number of nitrogens with two attached hydrogens (primary N) is 1. The Balaban J connectivity index is 1.71. The molecular weight excluding hydrogens is 619 g/mol. The van der Waals surface area contributed by atoms with Crippen molar-refractivity contribution in [3.8, 4) is 11.8 Å². The van der Waals surface area contributed by atoms with Crippen LogP contribution in [0.25, 0.3) is 11.0 Å². The van der Waals surface area contributed by atoms with Crippen LogP contribution in [-0.4, -0.2) is 82.5 Å². The monoisotopic (exact) mass is 645 g/mol. The molecule has 1 aliphatic rings. The minimum Gasteiger partial charge on any atom is -0.390 e. The van der Waals surface area contributed by atoms with Gasteiger partial charge in [0.15, 0.2) is 0 Å². The second kappa shape index (κ2) is 13.4. The van der Waals surface area contributed by atoms with Crippen LogP contribution < -0.4 is 11.1 Å². The van der Waals surface area contributed by atoms with Gasteiger partial charge in [-0.2, -0.15) is 20.4 Å². The maximum absolute atomic E-state index is 12.0. The van der Waals surface area contributed by atoms with E-state index in [1.165, 1.54) is 10.9 Å². The van der Waals surface area contributed by atoms with Crippen molar-refractivity contribution in [3.63, 3.8) is 0 Å². The molecule has 5 unspecified atom stereocenters. The van der Waals surface area contributed by atoms with E-state index in [0.717, 1.165) is 0 Å². The van der Waals surface area contributed by atoms with E-state index in [2.05, 4.69) is 40.3 Å². The smallest absolute Gasteiger partial charge is 0.390 e. The lowest BCUT2D eigenvalue weighted by atomic mass is 10.2. The standard InChI is InChI=1S/C18H26N5O13P3S/c1-40-6-4-14(25)20-5-2-3-11-8-23(18-16(11)17(19)21-10-22-18)15-7-12(24)13(34-15)9-33-38(29,30)36-39(31,32)35-37(26,27)28/h8,10,12-13,15,24H,4-7,9H2,1H3,(H,20,25)(H,29,30)(H,31,32)(H2,19,21,22)(H2,26,27,28). The van der Waals surface area contributed by atoms with Gasteiger partial charge < -0.3 is 45.0 Å². The third-order valence-corrected chi connectivity index (χ3v) is 9.52. The first-order valence-corrected chi connectivity index (χ1v) is 17.0. The quantitative estimate of drug-likeness (QED) is 0.120. The van der Waals surface area contributed by atoms with Crippen molar-refractivity contribution in [2.45, 2.75) is 31.3 Å². The Labute approximate surface area is 231 Å². The summed E-state index contributed by atoms with van der Waals surface area (Å²) in [6.07, 6.45) is 1.52. The van der Waals surface area contributed by atoms with Crippen LogP contribution in [-0.2, 0) is 36.4 Å².